The zero-order chi connectivity index (χ0) is 19.1. The summed E-state index contributed by atoms with van der Waals surface area (Å²) in [6, 6.07) is 2.67. The van der Waals surface area contributed by atoms with Gasteiger partial charge in [0.25, 0.3) is 5.91 Å². The van der Waals surface area contributed by atoms with E-state index in [-0.39, 0.29) is 24.4 Å². The summed E-state index contributed by atoms with van der Waals surface area (Å²) >= 11 is 0. The van der Waals surface area contributed by atoms with Crippen LogP contribution < -0.4 is 5.32 Å². The van der Waals surface area contributed by atoms with Gasteiger partial charge in [-0.2, -0.15) is 0 Å². The average molecular weight is 369 g/mol. The fourth-order valence-corrected chi connectivity index (χ4v) is 2.56. The standard InChI is InChI=1S/C17H21F2N3O4/c1-2-26-17(25)22-9-7-21(8-10-22)15(23)5-6-20-16(24)13-4-3-12(18)11-14(13)19/h3-4,11H,2,5-10H2,1H3,(H,20,24). The first-order chi connectivity index (χ1) is 12.4. The highest BCUT2D eigenvalue weighted by Crippen LogP contribution is 2.09. The average Bonchev–Trinajstić information content (AvgIpc) is 2.61. The first-order valence-electron chi connectivity index (χ1n) is 8.35. The van der Waals surface area contributed by atoms with Crippen molar-refractivity contribution in [3.8, 4) is 0 Å². The van der Waals surface area contributed by atoms with E-state index in [2.05, 4.69) is 5.32 Å². The minimum Gasteiger partial charge on any atom is -0.450 e. The monoisotopic (exact) mass is 369 g/mol. The van der Waals surface area contributed by atoms with Crippen LogP contribution in [0.25, 0.3) is 0 Å². The van der Waals surface area contributed by atoms with Crippen LogP contribution in [0.5, 0.6) is 0 Å². The maximum absolute atomic E-state index is 13.5. The number of hydrogen-bond acceptors (Lipinski definition) is 4. The van der Waals surface area contributed by atoms with Gasteiger partial charge < -0.3 is 19.9 Å². The molecule has 0 radical (unpaired) electrons. The third-order valence-corrected chi connectivity index (χ3v) is 3.96. The quantitative estimate of drug-likeness (QED) is 0.851. The van der Waals surface area contributed by atoms with Crippen molar-refractivity contribution in [2.75, 3.05) is 39.3 Å². The van der Waals surface area contributed by atoms with E-state index in [1.807, 2.05) is 0 Å². The van der Waals surface area contributed by atoms with Crippen molar-refractivity contribution in [2.45, 2.75) is 13.3 Å². The molecule has 142 valence electrons. The second kappa shape index (κ2) is 9.12. The molecule has 1 aromatic rings. The third kappa shape index (κ3) is 5.14. The van der Waals surface area contributed by atoms with Crippen molar-refractivity contribution >= 4 is 17.9 Å². The lowest BCUT2D eigenvalue weighted by molar-refractivity contribution is -0.132. The van der Waals surface area contributed by atoms with Crippen LogP contribution in [-0.4, -0.2) is 67.0 Å². The Bertz CT molecular complexity index is 676. The summed E-state index contributed by atoms with van der Waals surface area (Å²) in [4.78, 5) is 38.7. The van der Waals surface area contributed by atoms with Crippen LogP contribution in [0.2, 0.25) is 0 Å². The Kier molecular flexibility index (Phi) is 6.88. The Labute approximate surface area is 149 Å². The summed E-state index contributed by atoms with van der Waals surface area (Å²) in [6.07, 6.45) is -0.346. The minimum atomic E-state index is -0.955. The number of benzene rings is 1. The molecular formula is C17H21F2N3O4. The topological polar surface area (TPSA) is 79.0 Å². The van der Waals surface area contributed by atoms with E-state index in [0.29, 0.717) is 38.9 Å². The molecule has 0 aromatic heterocycles. The van der Waals surface area contributed by atoms with E-state index in [1.165, 1.54) is 4.90 Å². The molecule has 1 fully saturated rings. The number of piperazine rings is 1. The zero-order valence-corrected chi connectivity index (χ0v) is 14.5. The normalized spacial score (nSPS) is 14.1. The molecule has 9 heteroatoms. The molecule has 0 bridgehead atoms. The minimum absolute atomic E-state index is 0.0343. The molecule has 0 atom stereocenters. The summed E-state index contributed by atoms with van der Waals surface area (Å²) in [6.45, 7) is 3.61. The molecule has 0 spiro atoms. The maximum atomic E-state index is 13.5. The number of carbonyl (C=O) groups is 3. The van der Waals surface area contributed by atoms with Crippen molar-refractivity contribution in [1.29, 1.82) is 0 Å². The van der Waals surface area contributed by atoms with Crippen LogP contribution in [0, 0.1) is 11.6 Å². The Hall–Kier alpha value is -2.71. The van der Waals surface area contributed by atoms with Gasteiger partial charge >= 0.3 is 6.09 Å². The van der Waals surface area contributed by atoms with Crippen molar-refractivity contribution in [3.05, 3.63) is 35.4 Å². The van der Waals surface area contributed by atoms with Crippen LogP contribution >= 0.6 is 0 Å². The van der Waals surface area contributed by atoms with Crippen molar-refractivity contribution in [2.24, 2.45) is 0 Å². The molecule has 3 amide bonds. The van der Waals surface area contributed by atoms with Crippen molar-refractivity contribution in [3.63, 3.8) is 0 Å². The number of halogens is 2. The molecule has 7 nitrogen and oxygen atoms in total. The smallest absolute Gasteiger partial charge is 0.409 e. The Morgan fingerprint density at radius 2 is 1.77 bits per heavy atom. The van der Waals surface area contributed by atoms with E-state index in [0.717, 1.165) is 12.1 Å². The zero-order valence-electron chi connectivity index (χ0n) is 14.5. The largest absolute Gasteiger partial charge is 0.450 e. The summed E-state index contributed by atoms with van der Waals surface area (Å²) in [5, 5.41) is 2.44. The molecule has 0 saturated carbocycles. The molecule has 1 N–H and O–H groups in total. The van der Waals surface area contributed by atoms with E-state index in [9.17, 15) is 23.2 Å². The molecular weight excluding hydrogens is 348 g/mol. The van der Waals surface area contributed by atoms with Crippen molar-refractivity contribution < 1.29 is 27.9 Å². The first kappa shape index (κ1) is 19.6. The van der Waals surface area contributed by atoms with Gasteiger partial charge in [-0.15, -0.1) is 0 Å². The van der Waals surface area contributed by atoms with Gasteiger partial charge in [-0.1, -0.05) is 0 Å². The van der Waals surface area contributed by atoms with Gasteiger partial charge in [-0.25, -0.2) is 13.6 Å². The highest BCUT2D eigenvalue weighted by atomic mass is 19.1. The summed E-state index contributed by atoms with van der Waals surface area (Å²) < 4.78 is 31.3. The number of nitrogens with zero attached hydrogens (tertiary/aromatic N) is 2. The van der Waals surface area contributed by atoms with Gasteiger partial charge in [0.05, 0.1) is 12.2 Å². The predicted octanol–water partition coefficient (Wildman–Crippen LogP) is 1.39. The molecule has 1 aliphatic heterocycles. The first-order valence-corrected chi connectivity index (χ1v) is 8.35. The predicted molar refractivity (Wildman–Crippen MR) is 88.5 cm³/mol. The number of ether oxygens (including phenoxy) is 1. The van der Waals surface area contributed by atoms with Gasteiger partial charge in [0.1, 0.15) is 11.6 Å². The van der Waals surface area contributed by atoms with E-state index >= 15 is 0 Å². The molecule has 1 saturated heterocycles. The van der Waals surface area contributed by atoms with Gasteiger partial charge in [0.15, 0.2) is 0 Å². The fourth-order valence-electron chi connectivity index (χ4n) is 2.56. The summed E-state index contributed by atoms with van der Waals surface area (Å²) in [5.41, 5.74) is -0.276. The SMILES string of the molecule is CCOC(=O)N1CCN(C(=O)CCNC(=O)c2ccc(F)cc2F)CC1. The Morgan fingerprint density at radius 1 is 1.12 bits per heavy atom. The molecule has 2 rings (SSSR count). The highest BCUT2D eigenvalue weighted by Gasteiger charge is 2.24. The number of nitrogens with one attached hydrogen (secondary N) is 1. The van der Waals surface area contributed by atoms with E-state index < -0.39 is 23.6 Å². The molecule has 26 heavy (non-hydrogen) atoms. The molecule has 1 aromatic carbocycles. The molecule has 1 aliphatic rings. The molecule has 1 heterocycles. The van der Waals surface area contributed by atoms with Crippen LogP contribution in [0.3, 0.4) is 0 Å². The molecule has 0 aliphatic carbocycles. The number of hydrogen-bond donors (Lipinski definition) is 1. The number of amides is 3. The van der Waals surface area contributed by atoms with Gasteiger partial charge in [0, 0.05) is 45.2 Å². The second-order valence-corrected chi connectivity index (χ2v) is 5.70. The number of rotatable bonds is 5. The summed E-state index contributed by atoms with van der Waals surface area (Å²) in [5.74, 6) is -2.60. The fraction of sp³-hybridized carbons (Fsp3) is 0.471. The lowest BCUT2D eigenvalue weighted by Crippen LogP contribution is -2.51. The lowest BCUT2D eigenvalue weighted by atomic mass is 10.2. The molecule has 0 unspecified atom stereocenters. The second-order valence-electron chi connectivity index (χ2n) is 5.70. The number of carbonyl (C=O) groups excluding carboxylic acids is 3. The van der Waals surface area contributed by atoms with Gasteiger partial charge in [0.2, 0.25) is 5.91 Å². The highest BCUT2D eigenvalue weighted by molar-refractivity contribution is 5.94. The van der Waals surface area contributed by atoms with Gasteiger partial charge in [-0.3, -0.25) is 9.59 Å². The van der Waals surface area contributed by atoms with E-state index in [4.69, 9.17) is 4.74 Å². The Morgan fingerprint density at radius 3 is 2.38 bits per heavy atom. The maximum Gasteiger partial charge on any atom is 0.409 e. The van der Waals surface area contributed by atoms with Crippen LogP contribution in [0.1, 0.15) is 23.7 Å². The van der Waals surface area contributed by atoms with Gasteiger partial charge in [-0.05, 0) is 19.1 Å². The summed E-state index contributed by atoms with van der Waals surface area (Å²) in [7, 11) is 0. The van der Waals surface area contributed by atoms with Crippen LogP contribution in [-0.2, 0) is 9.53 Å². The van der Waals surface area contributed by atoms with Crippen LogP contribution in [0.15, 0.2) is 18.2 Å². The lowest BCUT2D eigenvalue weighted by Gasteiger charge is -2.34. The van der Waals surface area contributed by atoms with Crippen LogP contribution in [0.4, 0.5) is 13.6 Å². The third-order valence-electron chi connectivity index (χ3n) is 3.96. The van der Waals surface area contributed by atoms with E-state index in [1.54, 1.807) is 11.8 Å². The Balaban J connectivity index is 1.74. The van der Waals surface area contributed by atoms with Crippen molar-refractivity contribution in [1.82, 2.24) is 15.1 Å².